The number of amides is 1. The molecule has 38 heavy (non-hydrogen) atoms. The van der Waals surface area contributed by atoms with Gasteiger partial charge < -0.3 is 9.47 Å². The van der Waals surface area contributed by atoms with Crippen LogP contribution in [-0.2, 0) is 11.0 Å². The summed E-state index contributed by atoms with van der Waals surface area (Å²) in [7, 11) is 3.15. The largest absolute Gasteiger partial charge is 0.497 e. The number of carbonyl (C=O) groups excluding carboxylic acids is 1. The molecule has 196 valence electrons. The van der Waals surface area contributed by atoms with Crippen molar-refractivity contribution in [1.29, 1.82) is 0 Å². The molecule has 0 saturated heterocycles. The quantitative estimate of drug-likeness (QED) is 0.178. The van der Waals surface area contributed by atoms with E-state index in [2.05, 4.69) is 20.7 Å². The van der Waals surface area contributed by atoms with Gasteiger partial charge in [-0.05, 0) is 54.6 Å². The van der Waals surface area contributed by atoms with Crippen LogP contribution in [-0.4, -0.2) is 46.9 Å². The highest BCUT2D eigenvalue weighted by molar-refractivity contribution is 7.99. The third-order valence-corrected chi connectivity index (χ3v) is 6.23. The van der Waals surface area contributed by atoms with Gasteiger partial charge in [0.15, 0.2) is 11.0 Å². The second-order valence-electron chi connectivity index (χ2n) is 7.73. The van der Waals surface area contributed by atoms with Crippen molar-refractivity contribution in [2.75, 3.05) is 20.0 Å². The van der Waals surface area contributed by atoms with Crippen molar-refractivity contribution in [2.24, 2.45) is 5.10 Å². The van der Waals surface area contributed by atoms with Crippen LogP contribution in [0.4, 0.5) is 13.2 Å². The SMILES string of the molecule is COc1ccc(-c2nnc(SCC(=O)N/N=C/c3ccccc3C(F)(F)F)n2-c2ccc(OC)cc2)cc1. The number of ether oxygens (including phenoxy) is 2. The maximum Gasteiger partial charge on any atom is 0.417 e. The number of methoxy groups -OCH3 is 2. The molecule has 0 unspecified atom stereocenters. The van der Waals surface area contributed by atoms with Gasteiger partial charge in [-0.25, -0.2) is 5.43 Å². The first-order chi connectivity index (χ1) is 18.3. The Morgan fingerprint density at radius 1 is 0.974 bits per heavy atom. The van der Waals surface area contributed by atoms with E-state index in [4.69, 9.17) is 9.47 Å². The number of hydrazone groups is 1. The molecule has 1 amide bonds. The van der Waals surface area contributed by atoms with Crippen LogP contribution < -0.4 is 14.9 Å². The summed E-state index contributed by atoms with van der Waals surface area (Å²) in [6, 6.07) is 19.5. The van der Waals surface area contributed by atoms with Crippen LogP contribution in [0.1, 0.15) is 11.1 Å². The summed E-state index contributed by atoms with van der Waals surface area (Å²) in [6.07, 6.45) is -3.57. The Labute approximate surface area is 220 Å². The van der Waals surface area contributed by atoms with E-state index in [1.54, 1.807) is 43.1 Å². The molecule has 1 heterocycles. The molecule has 3 aromatic carbocycles. The molecule has 0 atom stereocenters. The zero-order valence-electron chi connectivity index (χ0n) is 20.3. The van der Waals surface area contributed by atoms with Gasteiger partial charge in [-0.15, -0.1) is 10.2 Å². The molecular weight excluding hydrogens is 519 g/mol. The molecule has 4 rings (SSSR count). The average Bonchev–Trinajstić information content (AvgIpc) is 3.35. The van der Waals surface area contributed by atoms with Crippen molar-refractivity contribution >= 4 is 23.9 Å². The minimum Gasteiger partial charge on any atom is -0.497 e. The number of thioether (sulfide) groups is 1. The van der Waals surface area contributed by atoms with Crippen molar-refractivity contribution in [1.82, 2.24) is 20.2 Å². The highest BCUT2D eigenvalue weighted by atomic mass is 32.2. The van der Waals surface area contributed by atoms with E-state index in [1.807, 2.05) is 24.3 Å². The van der Waals surface area contributed by atoms with Crippen molar-refractivity contribution in [2.45, 2.75) is 11.3 Å². The van der Waals surface area contributed by atoms with E-state index in [0.29, 0.717) is 22.5 Å². The summed E-state index contributed by atoms with van der Waals surface area (Å²) in [5, 5.41) is 12.7. The number of hydrogen-bond acceptors (Lipinski definition) is 7. The third kappa shape index (κ3) is 6.32. The lowest BCUT2D eigenvalue weighted by Crippen LogP contribution is -2.20. The molecule has 12 heteroatoms. The molecule has 0 aliphatic rings. The van der Waals surface area contributed by atoms with Crippen LogP contribution in [0.5, 0.6) is 11.5 Å². The van der Waals surface area contributed by atoms with Crippen molar-refractivity contribution in [3.63, 3.8) is 0 Å². The molecule has 0 radical (unpaired) electrons. The van der Waals surface area contributed by atoms with E-state index in [-0.39, 0.29) is 11.3 Å². The van der Waals surface area contributed by atoms with Crippen molar-refractivity contribution < 1.29 is 27.4 Å². The molecule has 0 fully saturated rings. The molecule has 4 aromatic rings. The van der Waals surface area contributed by atoms with Crippen LogP contribution in [0.2, 0.25) is 0 Å². The van der Waals surface area contributed by atoms with Gasteiger partial charge in [-0.3, -0.25) is 9.36 Å². The van der Waals surface area contributed by atoms with E-state index >= 15 is 0 Å². The first-order valence-electron chi connectivity index (χ1n) is 11.2. The van der Waals surface area contributed by atoms with Crippen molar-refractivity contribution in [3.05, 3.63) is 83.9 Å². The summed E-state index contributed by atoms with van der Waals surface area (Å²) < 4.78 is 51.7. The zero-order chi connectivity index (χ0) is 27.1. The number of benzene rings is 3. The summed E-state index contributed by atoms with van der Waals surface area (Å²) in [6.45, 7) is 0. The standard InChI is InChI=1S/C26H22F3N5O3S/c1-36-20-11-7-17(8-12-20)24-32-33-25(34(24)19-9-13-21(37-2)14-10-19)38-16-23(35)31-30-15-18-5-3-4-6-22(18)26(27,28)29/h3-15H,16H2,1-2H3,(H,31,35)/b30-15+. The van der Waals surface area contributed by atoms with Gasteiger partial charge in [0, 0.05) is 16.8 Å². The van der Waals surface area contributed by atoms with Gasteiger partial charge in [-0.1, -0.05) is 30.0 Å². The van der Waals surface area contributed by atoms with E-state index in [1.165, 1.54) is 18.2 Å². The molecule has 0 spiro atoms. The monoisotopic (exact) mass is 541 g/mol. The lowest BCUT2D eigenvalue weighted by atomic mass is 10.1. The molecule has 1 aromatic heterocycles. The first kappa shape index (κ1) is 26.7. The normalized spacial score (nSPS) is 11.5. The third-order valence-electron chi connectivity index (χ3n) is 5.30. The fraction of sp³-hybridized carbons (Fsp3) is 0.154. The zero-order valence-corrected chi connectivity index (χ0v) is 21.1. The summed E-state index contributed by atoms with van der Waals surface area (Å²) in [5.74, 6) is 1.28. The van der Waals surface area contributed by atoms with Crippen LogP contribution in [0.3, 0.4) is 0 Å². The Balaban J connectivity index is 1.52. The number of alkyl halides is 3. The number of hydrogen-bond donors (Lipinski definition) is 1. The van der Waals surface area contributed by atoms with Gasteiger partial charge in [0.25, 0.3) is 5.91 Å². The Hall–Kier alpha value is -4.32. The molecule has 0 bridgehead atoms. The molecular formula is C26H22F3N5O3S. The Morgan fingerprint density at radius 3 is 2.24 bits per heavy atom. The van der Waals surface area contributed by atoms with E-state index in [9.17, 15) is 18.0 Å². The van der Waals surface area contributed by atoms with Gasteiger partial charge in [-0.2, -0.15) is 18.3 Å². The van der Waals surface area contributed by atoms with Crippen LogP contribution in [0, 0.1) is 0 Å². The fourth-order valence-corrected chi connectivity index (χ4v) is 4.20. The Kier molecular flexibility index (Phi) is 8.31. The summed E-state index contributed by atoms with van der Waals surface area (Å²) in [5.41, 5.74) is 2.78. The highest BCUT2D eigenvalue weighted by Crippen LogP contribution is 2.31. The number of rotatable bonds is 9. The van der Waals surface area contributed by atoms with Crippen molar-refractivity contribution in [3.8, 4) is 28.6 Å². The fourth-order valence-electron chi connectivity index (χ4n) is 3.46. The Bertz CT molecular complexity index is 1420. The highest BCUT2D eigenvalue weighted by Gasteiger charge is 2.32. The number of aromatic nitrogens is 3. The molecule has 0 aliphatic carbocycles. The molecule has 0 saturated carbocycles. The molecule has 1 N–H and O–H groups in total. The van der Waals surface area contributed by atoms with Crippen LogP contribution >= 0.6 is 11.8 Å². The predicted molar refractivity (Wildman–Crippen MR) is 138 cm³/mol. The van der Waals surface area contributed by atoms with Gasteiger partial charge in [0.1, 0.15) is 11.5 Å². The average molecular weight is 542 g/mol. The minimum atomic E-state index is -4.53. The lowest BCUT2D eigenvalue weighted by Gasteiger charge is -2.11. The van der Waals surface area contributed by atoms with Crippen LogP contribution in [0.15, 0.2) is 83.1 Å². The maximum atomic E-state index is 13.1. The van der Waals surface area contributed by atoms with Crippen LogP contribution in [0.25, 0.3) is 17.1 Å². The number of nitrogens with one attached hydrogen (secondary N) is 1. The smallest absolute Gasteiger partial charge is 0.417 e. The van der Waals surface area contributed by atoms with E-state index < -0.39 is 17.6 Å². The number of nitrogens with zero attached hydrogens (tertiary/aromatic N) is 4. The maximum absolute atomic E-state index is 13.1. The van der Waals surface area contributed by atoms with Gasteiger partial charge >= 0.3 is 6.18 Å². The van der Waals surface area contributed by atoms with Gasteiger partial charge in [0.2, 0.25) is 0 Å². The second-order valence-corrected chi connectivity index (χ2v) is 8.68. The number of halogens is 3. The summed E-state index contributed by atoms with van der Waals surface area (Å²) >= 11 is 1.10. The lowest BCUT2D eigenvalue weighted by molar-refractivity contribution is -0.137. The molecule has 8 nitrogen and oxygen atoms in total. The number of carbonyl (C=O) groups is 1. The predicted octanol–water partition coefficient (Wildman–Crippen LogP) is 5.21. The molecule has 0 aliphatic heterocycles. The topological polar surface area (TPSA) is 90.6 Å². The summed E-state index contributed by atoms with van der Waals surface area (Å²) in [4.78, 5) is 12.4. The Morgan fingerprint density at radius 2 is 1.61 bits per heavy atom. The van der Waals surface area contributed by atoms with Gasteiger partial charge in [0.05, 0.1) is 31.8 Å². The second kappa shape index (κ2) is 11.8. The first-order valence-corrected chi connectivity index (χ1v) is 12.1. The van der Waals surface area contributed by atoms with E-state index in [0.717, 1.165) is 35.3 Å². The minimum absolute atomic E-state index is 0.102.